The third kappa shape index (κ3) is 13.1. The van der Waals surface area contributed by atoms with E-state index in [2.05, 4.69) is 5.32 Å². The lowest BCUT2D eigenvalue weighted by Crippen LogP contribution is -2.59. The Hall–Kier alpha value is -3.34. The number of ether oxygens (including phenoxy) is 5. The standard InChI is InChI=1S/C31H49NO10/c1-10-13-21(5)38-28(36)40-24-16-15-23(17-25(24)41-29(37)39-22(6)14-11-2)18-31(27(34)35,32-20(4)12-3)42-26(33)19-30(7,8)9/h15-17,20-22,32H,10-14,18-19H2,1-9H3,(H,34,35)/t20?,21?,22?,31-/m0/s1. The first-order valence-corrected chi connectivity index (χ1v) is 14.7. The maximum Gasteiger partial charge on any atom is 0.514 e. The van der Waals surface area contributed by atoms with Gasteiger partial charge < -0.3 is 28.8 Å². The number of nitrogens with one attached hydrogen (secondary N) is 1. The number of carbonyl (C=O) groups excluding carboxylic acids is 3. The summed E-state index contributed by atoms with van der Waals surface area (Å²) in [5.74, 6) is -2.40. The van der Waals surface area contributed by atoms with Gasteiger partial charge in [0.15, 0.2) is 11.5 Å². The van der Waals surface area contributed by atoms with Crippen molar-refractivity contribution >= 4 is 24.2 Å². The highest BCUT2D eigenvalue weighted by Gasteiger charge is 2.44. The lowest BCUT2D eigenvalue weighted by atomic mass is 9.92. The number of hydrogen-bond acceptors (Lipinski definition) is 10. The number of aliphatic carboxylic acids is 1. The van der Waals surface area contributed by atoms with Crippen molar-refractivity contribution in [1.82, 2.24) is 5.32 Å². The fraction of sp³-hybridized carbons (Fsp3) is 0.677. The second-order valence-electron chi connectivity index (χ2n) is 11.9. The zero-order valence-corrected chi connectivity index (χ0v) is 26.5. The fourth-order valence-corrected chi connectivity index (χ4v) is 4.06. The Morgan fingerprint density at radius 1 is 0.857 bits per heavy atom. The van der Waals surface area contributed by atoms with E-state index in [4.69, 9.17) is 23.7 Å². The van der Waals surface area contributed by atoms with Gasteiger partial charge in [0.2, 0.25) is 0 Å². The molecule has 0 aliphatic rings. The van der Waals surface area contributed by atoms with Gasteiger partial charge in [-0.3, -0.25) is 10.1 Å². The second-order valence-corrected chi connectivity index (χ2v) is 11.9. The van der Waals surface area contributed by atoms with E-state index in [0.717, 1.165) is 12.8 Å². The molecule has 0 aliphatic carbocycles. The number of carboxylic acids is 1. The molecule has 0 amide bonds. The fourth-order valence-electron chi connectivity index (χ4n) is 4.06. The summed E-state index contributed by atoms with van der Waals surface area (Å²) in [4.78, 5) is 50.5. The number of esters is 1. The van der Waals surface area contributed by atoms with Crippen LogP contribution in [0.2, 0.25) is 0 Å². The Labute approximate surface area is 249 Å². The smallest absolute Gasteiger partial charge is 0.477 e. The molecule has 0 spiro atoms. The predicted molar refractivity (Wildman–Crippen MR) is 157 cm³/mol. The normalized spacial score (nSPS) is 15.0. The van der Waals surface area contributed by atoms with Crippen molar-refractivity contribution in [2.45, 2.75) is 131 Å². The van der Waals surface area contributed by atoms with Crippen LogP contribution in [-0.2, 0) is 30.2 Å². The zero-order valence-electron chi connectivity index (χ0n) is 26.5. The Morgan fingerprint density at radius 2 is 1.38 bits per heavy atom. The van der Waals surface area contributed by atoms with Gasteiger partial charge in [0.25, 0.3) is 5.72 Å². The predicted octanol–water partition coefficient (Wildman–Crippen LogP) is 6.79. The maximum absolute atomic E-state index is 12.8. The monoisotopic (exact) mass is 595 g/mol. The molecule has 11 heteroatoms. The van der Waals surface area contributed by atoms with Gasteiger partial charge in [-0.15, -0.1) is 0 Å². The minimum atomic E-state index is -2.12. The molecule has 0 saturated heterocycles. The summed E-state index contributed by atoms with van der Waals surface area (Å²) in [7, 11) is 0. The SMILES string of the molecule is CCCC(C)OC(=O)Oc1ccc(C[C@](NC(C)CC)(OC(=O)CC(C)(C)C)C(=O)O)cc1OC(=O)OC(C)CCC. The van der Waals surface area contributed by atoms with Crippen molar-refractivity contribution in [1.29, 1.82) is 0 Å². The first-order chi connectivity index (χ1) is 19.5. The number of carbonyl (C=O) groups is 4. The van der Waals surface area contributed by atoms with Crippen LogP contribution in [0, 0.1) is 5.41 Å². The van der Waals surface area contributed by atoms with Gasteiger partial charge >= 0.3 is 24.2 Å². The average Bonchev–Trinajstić information content (AvgIpc) is 2.84. The van der Waals surface area contributed by atoms with Crippen LogP contribution < -0.4 is 14.8 Å². The van der Waals surface area contributed by atoms with Gasteiger partial charge in [-0.1, -0.05) is 60.5 Å². The van der Waals surface area contributed by atoms with E-state index in [9.17, 15) is 24.3 Å². The van der Waals surface area contributed by atoms with Crippen molar-refractivity contribution in [3.8, 4) is 11.5 Å². The summed E-state index contributed by atoms with van der Waals surface area (Å²) in [6.07, 6.45) is 0.241. The minimum Gasteiger partial charge on any atom is -0.477 e. The zero-order chi connectivity index (χ0) is 32.1. The van der Waals surface area contributed by atoms with Gasteiger partial charge in [0, 0.05) is 12.5 Å². The van der Waals surface area contributed by atoms with Crippen molar-refractivity contribution in [2.75, 3.05) is 0 Å². The topological polar surface area (TPSA) is 147 Å². The van der Waals surface area contributed by atoms with Gasteiger partial charge in [0.05, 0.1) is 6.42 Å². The molecule has 0 bridgehead atoms. The van der Waals surface area contributed by atoms with Gasteiger partial charge in [-0.05, 0) is 63.1 Å². The lowest BCUT2D eigenvalue weighted by Gasteiger charge is -2.34. The number of hydrogen-bond donors (Lipinski definition) is 2. The molecule has 2 N–H and O–H groups in total. The number of rotatable bonds is 16. The van der Waals surface area contributed by atoms with Crippen molar-refractivity contribution in [3.63, 3.8) is 0 Å². The largest absolute Gasteiger partial charge is 0.514 e. The molecule has 0 heterocycles. The third-order valence-corrected chi connectivity index (χ3v) is 6.23. The van der Waals surface area contributed by atoms with Crippen LogP contribution in [-0.4, -0.2) is 53.3 Å². The van der Waals surface area contributed by atoms with Crippen LogP contribution >= 0.6 is 0 Å². The molecule has 238 valence electrons. The highest BCUT2D eigenvalue weighted by Crippen LogP contribution is 2.32. The van der Waals surface area contributed by atoms with Crippen molar-refractivity contribution in [3.05, 3.63) is 23.8 Å². The van der Waals surface area contributed by atoms with Crippen molar-refractivity contribution < 1.29 is 48.0 Å². The minimum absolute atomic E-state index is 0.00823. The molecule has 0 aliphatic heterocycles. The van der Waals surface area contributed by atoms with Crippen molar-refractivity contribution in [2.24, 2.45) is 5.41 Å². The van der Waals surface area contributed by atoms with E-state index >= 15 is 0 Å². The van der Waals surface area contributed by atoms with Gasteiger partial charge in [-0.25, -0.2) is 14.4 Å². The molecular weight excluding hydrogens is 546 g/mol. The molecule has 0 radical (unpaired) electrons. The summed E-state index contributed by atoms with van der Waals surface area (Å²) in [6.45, 7) is 16.5. The quantitative estimate of drug-likeness (QED) is 0.0901. The van der Waals surface area contributed by atoms with Crippen LogP contribution in [0.4, 0.5) is 9.59 Å². The van der Waals surface area contributed by atoms with E-state index < -0.39 is 47.6 Å². The van der Waals surface area contributed by atoms with E-state index in [0.29, 0.717) is 24.8 Å². The van der Waals surface area contributed by atoms with Crippen LogP contribution in [0.25, 0.3) is 0 Å². The molecule has 0 fully saturated rings. The first kappa shape index (κ1) is 36.7. The molecule has 11 nitrogen and oxygen atoms in total. The van der Waals surface area contributed by atoms with E-state index in [1.54, 1.807) is 20.8 Å². The molecule has 0 aromatic heterocycles. The van der Waals surface area contributed by atoms with Crippen LogP contribution in [0.3, 0.4) is 0 Å². The van der Waals surface area contributed by atoms with E-state index in [1.807, 2.05) is 41.5 Å². The third-order valence-electron chi connectivity index (χ3n) is 6.23. The van der Waals surface area contributed by atoms with Crippen LogP contribution in [0.15, 0.2) is 18.2 Å². The molecule has 4 atom stereocenters. The molecule has 1 rings (SSSR count). The lowest BCUT2D eigenvalue weighted by molar-refractivity contribution is -0.185. The molecule has 1 aromatic rings. The molecule has 0 saturated carbocycles. The molecule has 42 heavy (non-hydrogen) atoms. The highest BCUT2D eigenvalue weighted by atomic mass is 16.7. The number of carboxylic acid groups (broad SMARTS) is 1. The van der Waals surface area contributed by atoms with Gasteiger partial charge in [0.1, 0.15) is 12.2 Å². The summed E-state index contributed by atoms with van der Waals surface area (Å²) in [5, 5.41) is 13.3. The summed E-state index contributed by atoms with van der Waals surface area (Å²) in [5.41, 5.74) is -2.24. The van der Waals surface area contributed by atoms with E-state index in [1.165, 1.54) is 18.2 Å². The molecular formula is C31H49NO10. The molecule has 1 aromatic carbocycles. The Bertz CT molecular complexity index is 1050. The Kier molecular flexibility index (Phi) is 14.8. The Balaban J connectivity index is 3.47. The maximum atomic E-state index is 12.8. The highest BCUT2D eigenvalue weighted by molar-refractivity contribution is 5.82. The summed E-state index contributed by atoms with van der Waals surface area (Å²) >= 11 is 0. The van der Waals surface area contributed by atoms with Gasteiger partial charge in [-0.2, -0.15) is 0 Å². The first-order valence-electron chi connectivity index (χ1n) is 14.7. The molecule has 3 unspecified atom stereocenters. The Morgan fingerprint density at radius 3 is 1.83 bits per heavy atom. The summed E-state index contributed by atoms with van der Waals surface area (Å²) < 4.78 is 26.9. The second kappa shape index (κ2) is 16.9. The van der Waals surface area contributed by atoms with E-state index in [-0.39, 0.29) is 30.4 Å². The average molecular weight is 596 g/mol. The van der Waals surface area contributed by atoms with Crippen LogP contribution in [0.1, 0.15) is 106 Å². The summed E-state index contributed by atoms with van der Waals surface area (Å²) in [6, 6.07) is 3.87. The van der Waals surface area contributed by atoms with Crippen LogP contribution in [0.5, 0.6) is 11.5 Å². The number of benzene rings is 1.